The first-order valence-corrected chi connectivity index (χ1v) is 7.29. The minimum absolute atomic E-state index is 0.601. The molecule has 0 aromatic carbocycles. The Morgan fingerprint density at radius 1 is 1.50 bits per heavy atom. The maximum Gasteiger partial charge on any atom is 0.169 e. The highest BCUT2D eigenvalue weighted by atomic mass is 32.1. The summed E-state index contributed by atoms with van der Waals surface area (Å²) in [5, 5.41) is 4.19. The van der Waals surface area contributed by atoms with Crippen molar-refractivity contribution in [3.8, 4) is 0 Å². The Morgan fingerprint density at radius 3 is 3.11 bits per heavy atom. The Morgan fingerprint density at radius 2 is 2.39 bits per heavy atom. The van der Waals surface area contributed by atoms with Gasteiger partial charge in [0, 0.05) is 12.6 Å². The predicted octanol–water partition coefficient (Wildman–Crippen LogP) is 3.31. The van der Waals surface area contributed by atoms with Crippen LogP contribution in [0, 0.1) is 0 Å². The second kappa shape index (κ2) is 6.78. The zero-order valence-corrected chi connectivity index (χ0v) is 11.8. The van der Waals surface area contributed by atoms with E-state index in [1.54, 1.807) is 6.26 Å². The standard InChI is InChI=1S/C14H22N2OS/c1-2-12-7-4-3-5-9-16(12)14(18)15-11-13-8-6-10-17-13/h6,8,10,12H,2-5,7,9,11H2,1H3,(H,15,18). The molecule has 0 bridgehead atoms. The SMILES string of the molecule is CCC1CCCCCN1C(=S)NCc1ccco1. The van der Waals surface area contributed by atoms with Gasteiger partial charge in [0.2, 0.25) is 0 Å². The Hall–Kier alpha value is -1.03. The largest absolute Gasteiger partial charge is 0.467 e. The van der Waals surface area contributed by atoms with Crippen molar-refractivity contribution >= 4 is 17.3 Å². The molecule has 1 aromatic heterocycles. The fourth-order valence-corrected chi connectivity index (χ4v) is 2.86. The number of rotatable bonds is 3. The first-order chi connectivity index (χ1) is 8.81. The summed E-state index contributed by atoms with van der Waals surface area (Å²) in [7, 11) is 0. The number of likely N-dealkylation sites (tertiary alicyclic amines) is 1. The summed E-state index contributed by atoms with van der Waals surface area (Å²) in [5.74, 6) is 0.931. The molecule has 1 unspecified atom stereocenters. The third-order valence-electron chi connectivity index (χ3n) is 3.60. The second-order valence-corrected chi connectivity index (χ2v) is 5.23. The summed E-state index contributed by atoms with van der Waals surface area (Å²) in [5.41, 5.74) is 0. The third-order valence-corrected chi connectivity index (χ3v) is 3.98. The molecule has 0 aliphatic carbocycles. The molecule has 0 spiro atoms. The lowest BCUT2D eigenvalue weighted by Crippen LogP contribution is -2.45. The van der Waals surface area contributed by atoms with Crippen molar-refractivity contribution in [3.05, 3.63) is 24.2 Å². The molecule has 1 atom stereocenters. The zero-order chi connectivity index (χ0) is 12.8. The van der Waals surface area contributed by atoms with Crippen molar-refractivity contribution in [2.45, 2.75) is 51.6 Å². The second-order valence-electron chi connectivity index (χ2n) is 4.84. The van der Waals surface area contributed by atoms with Gasteiger partial charge in [-0.05, 0) is 43.6 Å². The highest BCUT2D eigenvalue weighted by Crippen LogP contribution is 2.19. The zero-order valence-electron chi connectivity index (χ0n) is 11.0. The van der Waals surface area contributed by atoms with Crippen LogP contribution in [0.3, 0.4) is 0 Å². The molecule has 2 heterocycles. The first kappa shape index (κ1) is 13.4. The summed E-state index contributed by atoms with van der Waals surface area (Å²) in [6, 6.07) is 4.47. The van der Waals surface area contributed by atoms with Crippen LogP contribution in [0.2, 0.25) is 0 Å². The van der Waals surface area contributed by atoms with E-state index < -0.39 is 0 Å². The molecule has 1 saturated heterocycles. The Balaban J connectivity index is 1.89. The van der Waals surface area contributed by atoms with E-state index >= 15 is 0 Å². The minimum atomic E-state index is 0.601. The topological polar surface area (TPSA) is 28.4 Å². The van der Waals surface area contributed by atoms with Gasteiger partial charge in [0.05, 0.1) is 12.8 Å². The summed E-state index contributed by atoms with van der Waals surface area (Å²) >= 11 is 5.52. The van der Waals surface area contributed by atoms with Gasteiger partial charge in [-0.1, -0.05) is 19.8 Å². The molecule has 0 amide bonds. The lowest BCUT2D eigenvalue weighted by molar-refractivity contribution is 0.302. The number of hydrogen-bond donors (Lipinski definition) is 1. The van der Waals surface area contributed by atoms with Crippen LogP contribution < -0.4 is 5.32 Å². The van der Waals surface area contributed by atoms with Gasteiger partial charge in [-0.3, -0.25) is 0 Å². The van der Waals surface area contributed by atoms with Gasteiger partial charge in [0.25, 0.3) is 0 Å². The molecule has 18 heavy (non-hydrogen) atoms. The molecule has 100 valence electrons. The molecule has 1 aromatic rings. The molecule has 0 saturated carbocycles. The normalized spacial score (nSPS) is 20.5. The quantitative estimate of drug-likeness (QED) is 0.850. The van der Waals surface area contributed by atoms with Crippen molar-refractivity contribution in [2.75, 3.05) is 6.54 Å². The van der Waals surface area contributed by atoms with Crippen LogP contribution in [0.4, 0.5) is 0 Å². The van der Waals surface area contributed by atoms with E-state index in [9.17, 15) is 0 Å². The Kier molecular flexibility index (Phi) is 5.05. The molecule has 1 aliphatic heterocycles. The number of thiocarbonyl (C=S) groups is 1. The number of furan rings is 1. The summed E-state index contributed by atoms with van der Waals surface area (Å²) in [6.45, 7) is 4.01. The van der Waals surface area contributed by atoms with Gasteiger partial charge in [-0.25, -0.2) is 0 Å². The van der Waals surface area contributed by atoms with Crippen LogP contribution in [0.1, 0.15) is 44.8 Å². The monoisotopic (exact) mass is 266 g/mol. The highest BCUT2D eigenvalue weighted by molar-refractivity contribution is 7.80. The Bertz CT molecular complexity index is 364. The van der Waals surface area contributed by atoms with Crippen LogP contribution in [-0.4, -0.2) is 22.6 Å². The highest BCUT2D eigenvalue weighted by Gasteiger charge is 2.21. The summed E-state index contributed by atoms with van der Waals surface area (Å²) in [6.07, 6.45) is 8.03. The molecule has 3 nitrogen and oxygen atoms in total. The van der Waals surface area contributed by atoms with Gasteiger partial charge in [0.1, 0.15) is 5.76 Å². The van der Waals surface area contributed by atoms with Crippen molar-refractivity contribution < 1.29 is 4.42 Å². The van der Waals surface area contributed by atoms with Crippen molar-refractivity contribution in [2.24, 2.45) is 0 Å². The maximum absolute atomic E-state index is 5.52. The van der Waals surface area contributed by atoms with Gasteiger partial charge >= 0.3 is 0 Å². The van der Waals surface area contributed by atoms with Crippen LogP contribution >= 0.6 is 12.2 Å². The molecular formula is C14H22N2OS. The molecule has 0 radical (unpaired) electrons. The van der Waals surface area contributed by atoms with Crippen LogP contribution in [0.5, 0.6) is 0 Å². The van der Waals surface area contributed by atoms with Gasteiger partial charge in [-0.2, -0.15) is 0 Å². The molecule has 1 fully saturated rings. The maximum atomic E-state index is 5.52. The van der Waals surface area contributed by atoms with Gasteiger partial charge < -0.3 is 14.6 Å². The number of hydrogen-bond acceptors (Lipinski definition) is 2. The lowest BCUT2D eigenvalue weighted by Gasteiger charge is -2.31. The van der Waals surface area contributed by atoms with Crippen molar-refractivity contribution in [3.63, 3.8) is 0 Å². The van der Waals surface area contributed by atoms with Crippen molar-refractivity contribution in [1.82, 2.24) is 10.2 Å². The number of nitrogens with zero attached hydrogens (tertiary/aromatic N) is 1. The fraction of sp³-hybridized carbons (Fsp3) is 0.643. The van der Waals surface area contributed by atoms with E-state index in [1.165, 1.54) is 32.1 Å². The molecule has 2 rings (SSSR count). The average molecular weight is 266 g/mol. The first-order valence-electron chi connectivity index (χ1n) is 6.88. The fourth-order valence-electron chi connectivity index (χ4n) is 2.55. The molecule has 4 heteroatoms. The van der Waals surface area contributed by atoms with Crippen molar-refractivity contribution in [1.29, 1.82) is 0 Å². The lowest BCUT2D eigenvalue weighted by atomic mass is 10.1. The van der Waals surface area contributed by atoms with Crippen LogP contribution in [0.25, 0.3) is 0 Å². The number of nitrogens with one attached hydrogen (secondary N) is 1. The predicted molar refractivity (Wildman–Crippen MR) is 77.4 cm³/mol. The van der Waals surface area contributed by atoms with E-state index in [0.717, 1.165) is 17.4 Å². The van der Waals surface area contributed by atoms with E-state index in [-0.39, 0.29) is 0 Å². The smallest absolute Gasteiger partial charge is 0.169 e. The van der Waals surface area contributed by atoms with E-state index in [0.29, 0.717) is 12.6 Å². The molecule has 1 aliphatic rings. The third kappa shape index (κ3) is 3.48. The molecule has 1 N–H and O–H groups in total. The van der Waals surface area contributed by atoms with Crippen LogP contribution in [-0.2, 0) is 6.54 Å². The summed E-state index contributed by atoms with van der Waals surface area (Å²) < 4.78 is 5.31. The Labute approximate surface area is 115 Å². The van der Waals surface area contributed by atoms with Gasteiger partial charge in [0.15, 0.2) is 5.11 Å². The minimum Gasteiger partial charge on any atom is -0.467 e. The summed E-state index contributed by atoms with van der Waals surface area (Å²) in [4.78, 5) is 2.37. The van der Waals surface area contributed by atoms with E-state index in [1.807, 2.05) is 12.1 Å². The van der Waals surface area contributed by atoms with E-state index in [4.69, 9.17) is 16.6 Å². The molecular weight excluding hydrogens is 244 g/mol. The van der Waals surface area contributed by atoms with Gasteiger partial charge in [-0.15, -0.1) is 0 Å². The average Bonchev–Trinajstić information content (AvgIpc) is 2.79. The van der Waals surface area contributed by atoms with Crippen LogP contribution in [0.15, 0.2) is 22.8 Å². The van der Waals surface area contributed by atoms with E-state index in [2.05, 4.69) is 17.1 Å².